The predicted octanol–water partition coefficient (Wildman–Crippen LogP) is 4.09. The summed E-state index contributed by atoms with van der Waals surface area (Å²) < 4.78 is 2.72. The Balaban J connectivity index is 2.27. The highest BCUT2D eigenvalue weighted by molar-refractivity contribution is 7.25. The van der Waals surface area contributed by atoms with Crippen molar-refractivity contribution in [1.82, 2.24) is 9.47 Å². The summed E-state index contributed by atoms with van der Waals surface area (Å²) in [4.78, 5) is 15.4. The van der Waals surface area contributed by atoms with E-state index >= 15 is 0 Å². The Morgan fingerprint density at radius 1 is 1.00 bits per heavy atom. The van der Waals surface area contributed by atoms with Crippen molar-refractivity contribution in [2.24, 2.45) is 0 Å². The van der Waals surface area contributed by atoms with Crippen LogP contribution < -0.4 is 10.0 Å². The molecule has 3 nitrogen and oxygen atoms in total. The number of H-pyrrole nitrogens is 1. The number of pyridine rings is 1. The van der Waals surface area contributed by atoms with Gasteiger partial charge in [0.15, 0.2) is 0 Å². The second-order valence-corrected chi connectivity index (χ2v) is 7.55. The summed E-state index contributed by atoms with van der Waals surface area (Å²) in [5, 5.41) is 3.37. The van der Waals surface area contributed by atoms with Crippen molar-refractivity contribution in [3.8, 4) is 0 Å². The fraction of sp³-hybridized carbons (Fsp3) is 0.167. The number of quaternary nitrogens is 1. The van der Waals surface area contributed by atoms with Gasteiger partial charge in [-0.3, -0.25) is 9.28 Å². The second-order valence-electron chi connectivity index (χ2n) is 6.50. The van der Waals surface area contributed by atoms with Crippen molar-refractivity contribution >= 4 is 48.1 Å². The van der Waals surface area contributed by atoms with Gasteiger partial charge in [0, 0.05) is 38.5 Å². The van der Waals surface area contributed by atoms with E-state index in [0.29, 0.717) is 0 Å². The number of thiophene rings is 1. The molecule has 4 heteroatoms. The highest BCUT2D eigenvalue weighted by Crippen LogP contribution is 2.37. The average molecular weight is 309 g/mol. The molecule has 0 aliphatic carbocycles. The van der Waals surface area contributed by atoms with E-state index in [2.05, 4.69) is 50.4 Å². The van der Waals surface area contributed by atoms with Gasteiger partial charge in [-0.25, -0.2) is 0 Å². The van der Waals surface area contributed by atoms with Gasteiger partial charge in [0.1, 0.15) is 10.4 Å². The molecule has 1 N–H and O–H groups in total. The number of aromatic amines is 1. The zero-order valence-corrected chi connectivity index (χ0v) is 13.6. The number of nitrogens with zero attached hydrogens (tertiary/aromatic N) is 1. The summed E-state index contributed by atoms with van der Waals surface area (Å²) in [7, 11) is 6.45. The summed E-state index contributed by atoms with van der Waals surface area (Å²) in [6.45, 7) is 0. The molecular weight excluding hydrogens is 292 g/mol. The van der Waals surface area contributed by atoms with Crippen LogP contribution in [0.1, 0.15) is 0 Å². The van der Waals surface area contributed by atoms with Crippen molar-refractivity contribution in [2.75, 3.05) is 21.1 Å². The maximum atomic E-state index is 12.4. The topological polar surface area (TPSA) is 32.9 Å². The Hall–Kier alpha value is -2.17. The minimum absolute atomic E-state index is 0.00157. The molecule has 0 fully saturated rings. The smallest absolute Gasteiger partial charge is 0.266 e. The molecule has 0 radical (unpaired) electrons. The number of fused-ring (bicyclic) bond motifs is 5. The molecule has 22 heavy (non-hydrogen) atoms. The van der Waals surface area contributed by atoms with Crippen LogP contribution in [-0.2, 0) is 0 Å². The Morgan fingerprint density at radius 2 is 1.77 bits per heavy atom. The van der Waals surface area contributed by atoms with E-state index in [1.807, 2.05) is 18.2 Å². The molecule has 4 aromatic rings. The van der Waals surface area contributed by atoms with Crippen molar-refractivity contribution in [2.45, 2.75) is 0 Å². The third-order valence-corrected chi connectivity index (χ3v) is 5.27. The standard InChI is InChI=1S/C18H16N2OS/c1-20(2,3)11-8-9-14-13(10-11)16-12-6-4-5-7-15(12)22-17(16)18(21)19-14/h4-10H,1-3H3/p+1. The van der Waals surface area contributed by atoms with Crippen LogP contribution >= 0.6 is 11.3 Å². The lowest BCUT2D eigenvalue weighted by atomic mass is 10.1. The zero-order valence-electron chi connectivity index (χ0n) is 12.8. The molecule has 0 spiro atoms. The SMILES string of the molecule is C[N+](C)(C)c1ccc2[nH]c(=O)c3sc4ccccc4c3c2c1. The van der Waals surface area contributed by atoms with Gasteiger partial charge in [-0.05, 0) is 12.1 Å². The van der Waals surface area contributed by atoms with Gasteiger partial charge in [0.25, 0.3) is 5.56 Å². The minimum atomic E-state index is 0.00157. The highest BCUT2D eigenvalue weighted by Gasteiger charge is 2.16. The number of rotatable bonds is 1. The first-order valence-corrected chi connectivity index (χ1v) is 8.06. The molecule has 0 amide bonds. The van der Waals surface area contributed by atoms with Gasteiger partial charge in [-0.15, -0.1) is 11.3 Å². The van der Waals surface area contributed by atoms with E-state index in [4.69, 9.17) is 0 Å². The third-order valence-electron chi connectivity index (χ3n) is 4.10. The van der Waals surface area contributed by atoms with Crippen molar-refractivity contribution in [3.05, 3.63) is 52.8 Å². The summed E-state index contributed by atoms with van der Waals surface area (Å²) >= 11 is 1.57. The molecule has 0 bridgehead atoms. The first-order chi connectivity index (χ1) is 10.4. The van der Waals surface area contributed by atoms with E-state index in [0.717, 1.165) is 35.6 Å². The third kappa shape index (κ3) is 1.88. The number of hydrogen-bond acceptors (Lipinski definition) is 2. The predicted molar refractivity (Wildman–Crippen MR) is 97.0 cm³/mol. The van der Waals surface area contributed by atoms with Crippen LogP contribution in [0.15, 0.2) is 47.3 Å². The van der Waals surface area contributed by atoms with Crippen LogP contribution in [0.2, 0.25) is 0 Å². The Kier molecular flexibility index (Phi) is 2.71. The van der Waals surface area contributed by atoms with Crippen LogP contribution in [0.3, 0.4) is 0 Å². The summed E-state index contributed by atoms with van der Waals surface area (Å²) in [5.74, 6) is 0. The van der Waals surface area contributed by atoms with Crippen molar-refractivity contribution in [1.29, 1.82) is 0 Å². The molecule has 0 saturated heterocycles. The number of benzene rings is 2. The van der Waals surface area contributed by atoms with Crippen LogP contribution in [0.5, 0.6) is 0 Å². The summed E-state index contributed by atoms with van der Waals surface area (Å²) in [6, 6.07) is 14.5. The second kappa shape index (κ2) is 4.41. The van der Waals surface area contributed by atoms with Crippen LogP contribution in [0.4, 0.5) is 5.69 Å². The van der Waals surface area contributed by atoms with Crippen LogP contribution in [0, 0.1) is 0 Å². The Labute approximate surface area is 132 Å². The Bertz CT molecular complexity index is 1080. The average Bonchev–Trinajstić information content (AvgIpc) is 2.86. The zero-order chi connectivity index (χ0) is 15.5. The quantitative estimate of drug-likeness (QED) is 0.528. The lowest BCUT2D eigenvalue weighted by molar-refractivity contribution is 0.487. The minimum Gasteiger partial charge on any atom is -0.321 e. The van der Waals surface area contributed by atoms with E-state index in [9.17, 15) is 4.79 Å². The summed E-state index contributed by atoms with van der Waals surface area (Å²) in [5.41, 5.74) is 2.12. The first kappa shape index (κ1) is 13.5. The molecule has 0 saturated carbocycles. The van der Waals surface area contributed by atoms with Gasteiger partial charge in [-0.1, -0.05) is 18.2 Å². The van der Waals surface area contributed by atoms with Crippen molar-refractivity contribution < 1.29 is 0 Å². The lowest BCUT2D eigenvalue weighted by Crippen LogP contribution is -2.34. The van der Waals surface area contributed by atoms with E-state index < -0.39 is 0 Å². The van der Waals surface area contributed by atoms with Crippen molar-refractivity contribution in [3.63, 3.8) is 0 Å². The molecule has 4 rings (SSSR count). The van der Waals surface area contributed by atoms with Gasteiger partial charge < -0.3 is 4.98 Å². The monoisotopic (exact) mass is 309 g/mol. The normalized spacial score (nSPS) is 12.5. The molecule has 0 unspecified atom stereocenters. The van der Waals surface area contributed by atoms with Crippen LogP contribution in [-0.4, -0.2) is 26.1 Å². The van der Waals surface area contributed by atoms with E-state index in [1.165, 1.54) is 5.69 Å². The molecule has 0 aliphatic heterocycles. The fourth-order valence-electron chi connectivity index (χ4n) is 2.92. The molecule has 0 atom stereocenters. The van der Waals surface area contributed by atoms with E-state index in [-0.39, 0.29) is 5.56 Å². The van der Waals surface area contributed by atoms with Gasteiger partial charge in [0.2, 0.25) is 0 Å². The fourth-order valence-corrected chi connectivity index (χ4v) is 4.03. The molecule has 2 aromatic heterocycles. The maximum absolute atomic E-state index is 12.4. The lowest BCUT2D eigenvalue weighted by Gasteiger charge is -2.23. The molecular formula is C18H17N2OS+. The Morgan fingerprint density at radius 3 is 2.55 bits per heavy atom. The van der Waals surface area contributed by atoms with E-state index in [1.54, 1.807) is 11.3 Å². The van der Waals surface area contributed by atoms with Gasteiger partial charge in [0.05, 0.1) is 21.1 Å². The number of nitrogens with one attached hydrogen (secondary N) is 1. The van der Waals surface area contributed by atoms with Gasteiger partial charge >= 0.3 is 0 Å². The number of hydrogen-bond donors (Lipinski definition) is 1. The maximum Gasteiger partial charge on any atom is 0.266 e. The summed E-state index contributed by atoms with van der Waals surface area (Å²) in [6.07, 6.45) is 0. The molecule has 2 aromatic carbocycles. The number of aromatic nitrogens is 1. The molecule has 110 valence electrons. The largest absolute Gasteiger partial charge is 0.321 e. The van der Waals surface area contributed by atoms with Crippen LogP contribution in [0.25, 0.3) is 31.1 Å². The molecule has 2 heterocycles. The highest BCUT2D eigenvalue weighted by atomic mass is 32.1. The molecule has 0 aliphatic rings. The van der Waals surface area contributed by atoms with Gasteiger partial charge in [-0.2, -0.15) is 0 Å². The first-order valence-electron chi connectivity index (χ1n) is 7.24.